The molecule has 2 fully saturated rings. The molecule has 0 spiro atoms. The van der Waals surface area contributed by atoms with Crippen LogP contribution in [0.3, 0.4) is 0 Å². The summed E-state index contributed by atoms with van der Waals surface area (Å²) in [5, 5.41) is 0.175. The molecule has 2 aliphatic heterocycles. The predicted octanol–water partition coefficient (Wildman–Crippen LogP) is 2.11. The summed E-state index contributed by atoms with van der Waals surface area (Å²) in [6.45, 7) is 3.67. The molecule has 2 rings (SSSR count). The second kappa shape index (κ2) is 3.93. The van der Waals surface area contributed by atoms with Crippen LogP contribution in [0.25, 0.3) is 0 Å². The Morgan fingerprint density at radius 1 is 1.64 bits per heavy atom. The Labute approximate surface area is 94.4 Å². The third-order valence-corrected chi connectivity index (χ3v) is 4.95. The Hall–Kier alpha value is 0.110. The second-order valence-corrected chi connectivity index (χ2v) is 6.54. The largest absolute Gasteiger partial charge is 0.340 e. The van der Waals surface area contributed by atoms with Gasteiger partial charge in [0.05, 0.1) is 10.1 Å². The predicted molar refractivity (Wildman–Crippen MR) is 60.9 cm³/mol. The minimum atomic E-state index is -0.152. The first-order valence-corrected chi connectivity index (χ1v) is 6.61. The van der Waals surface area contributed by atoms with E-state index in [9.17, 15) is 4.79 Å². The van der Waals surface area contributed by atoms with Crippen molar-refractivity contribution in [2.24, 2.45) is 0 Å². The molecule has 80 valence electrons. The Bertz CT molecular complexity index is 240. The molecule has 0 N–H and O–H groups in total. The van der Waals surface area contributed by atoms with Crippen molar-refractivity contribution in [2.45, 2.75) is 36.3 Å². The molecule has 0 radical (unpaired) electrons. The zero-order valence-corrected chi connectivity index (χ0v) is 10.0. The molecule has 0 bridgehead atoms. The molecule has 0 aromatic carbocycles. The van der Waals surface area contributed by atoms with E-state index in [1.165, 1.54) is 6.42 Å². The first-order valence-electron chi connectivity index (χ1n) is 5.19. The van der Waals surface area contributed by atoms with Crippen LogP contribution in [0.4, 0.5) is 0 Å². The summed E-state index contributed by atoms with van der Waals surface area (Å²) < 4.78 is -0.152. The zero-order chi connectivity index (χ0) is 10.2. The van der Waals surface area contributed by atoms with Crippen LogP contribution in [0.1, 0.15) is 26.2 Å². The Balaban J connectivity index is 2.00. The van der Waals surface area contributed by atoms with Crippen LogP contribution in [0.2, 0.25) is 0 Å². The van der Waals surface area contributed by atoms with Crippen LogP contribution in [-0.2, 0) is 4.79 Å². The number of thioether (sulfide) groups is 1. The number of hydrogen-bond acceptors (Lipinski definition) is 2. The van der Waals surface area contributed by atoms with Gasteiger partial charge in [-0.1, -0.05) is 0 Å². The number of carbonyl (C=O) groups is 1. The highest BCUT2D eigenvalue weighted by Crippen LogP contribution is 2.39. The third kappa shape index (κ3) is 1.89. The number of rotatable bonds is 1. The van der Waals surface area contributed by atoms with Gasteiger partial charge in [-0.2, -0.15) is 0 Å². The van der Waals surface area contributed by atoms with E-state index in [1.807, 2.05) is 4.90 Å². The second-order valence-electron chi connectivity index (χ2n) is 4.32. The monoisotopic (exact) mass is 233 g/mol. The normalized spacial score (nSPS) is 37.9. The summed E-state index contributed by atoms with van der Waals surface area (Å²) >= 11 is 7.81. The highest BCUT2D eigenvalue weighted by Gasteiger charge is 2.41. The van der Waals surface area contributed by atoms with E-state index in [2.05, 4.69) is 6.92 Å². The Kier molecular flexibility index (Phi) is 2.98. The molecule has 2 nitrogen and oxygen atoms in total. The number of hydrogen-bond donors (Lipinski definition) is 0. The van der Waals surface area contributed by atoms with Crippen LogP contribution in [0, 0.1) is 0 Å². The maximum Gasteiger partial charge on any atom is 0.238 e. The lowest BCUT2D eigenvalue weighted by Crippen LogP contribution is -2.42. The van der Waals surface area contributed by atoms with Crippen molar-refractivity contribution < 1.29 is 4.79 Å². The summed E-state index contributed by atoms with van der Waals surface area (Å²) in [5.41, 5.74) is 0. The summed E-state index contributed by atoms with van der Waals surface area (Å²) in [6.07, 6.45) is 3.15. The molecule has 1 amide bonds. The fourth-order valence-electron chi connectivity index (χ4n) is 2.18. The van der Waals surface area contributed by atoms with Crippen LogP contribution >= 0.6 is 23.4 Å². The van der Waals surface area contributed by atoms with Crippen molar-refractivity contribution >= 4 is 29.3 Å². The van der Waals surface area contributed by atoms with Crippen molar-refractivity contribution in [1.82, 2.24) is 4.90 Å². The van der Waals surface area contributed by atoms with Crippen LogP contribution < -0.4 is 0 Å². The van der Waals surface area contributed by atoms with Gasteiger partial charge in [0.1, 0.15) is 0 Å². The molecular formula is C10H16ClNOS. The van der Waals surface area contributed by atoms with Gasteiger partial charge >= 0.3 is 0 Å². The number of nitrogens with zero attached hydrogens (tertiary/aromatic N) is 1. The van der Waals surface area contributed by atoms with E-state index in [4.69, 9.17) is 11.6 Å². The fourth-order valence-corrected chi connectivity index (χ4v) is 3.73. The van der Waals surface area contributed by atoms with Gasteiger partial charge < -0.3 is 4.90 Å². The maximum absolute atomic E-state index is 12.2. The number of amides is 1. The maximum atomic E-state index is 12.2. The van der Waals surface area contributed by atoms with Gasteiger partial charge in [0.25, 0.3) is 0 Å². The van der Waals surface area contributed by atoms with Crippen LogP contribution in [0.5, 0.6) is 0 Å². The lowest BCUT2D eigenvalue weighted by atomic mass is 10.0. The SMILES string of the molecule is CC1(C(=O)N2CCC(Cl)C2)CCCS1. The molecule has 2 heterocycles. The van der Waals surface area contributed by atoms with E-state index in [-0.39, 0.29) is 10.1 Å². The van der Waals surface area contributed by atoms with E-state index >= 15 is 0 Å². The zero-order valence-electron chi connectivity index (χ0n) is 8.46. The topological polar surface area (TPSA) is 20.3 Å². The van der Waals surface area contributed by atoms with E-state index in [1.54, 1.807) is 11.8 Å². The molecule has 14 heavy (non-hydrogen) atoms. The Morgan fingerprint density at radius 3 is 2.93 bits per heavy atom. The van der Waals surface area contributed by atoms with Gasteiger partial charge in [-0.15, -0.1) is 23.4 Å². The molecule has 0 aromatic heterocycles. The molecule has 0 aliphatic carbocycles. The molecular weight excluding hydrogens is 218 g/mol. The highest BCUT2D eigenvalue weighted by molar-refractivity contribution is 8.01. The average molecular weight is 234 g/mol. The molecule has 2 unspecified atom stereocenters. The first kappa shape index (κ1) is 10.6. The molecule has 2 atom stereocenters. The summed E-state index contributed by atoms with van der Waals surface area (Å²) in [5.74, 6) is 1.43. The van der Waals surface area contributed by atoms with Gasteiger partial charge in [-0.3, -0.25) is 4.79 Å². The lowest BCUT2D eigenvalue weighted by molar-refractivity contribution is -0.132. The van der Waals surface area contributed by atoms with E-state index < -0.39 is 0 Å². The van der Waals surface area contributed by atoms with Crippen LogP contribution in [-0.4, -0.2) is 39.8 Å². The van der Waals surface area contributed by atoms with Crippen LogP contribution in [0.15, 0.2) is 0 Å². The average Bonchev–Trinajstić information content (AvgIpc) is 2.74. The van der Waals surface area contributed by atoms with E-state index in [0.29, 0.717) is 5.91 Å². The standard InChI is InChI=1S/C10H16ClNOS/c1-10(4-2-6-14-10)9(13)12-5-3-8(11)7-12/h8H,2-7H2,1H3. The number of alkyl halides is 1. The molecule has 2 saturated heterocycles. The minimum absolute atomic E-state index is 0.152. The van der Waals surface area contributed by atoms with Gasteiger partial charge in [-0.25, -0.2) is 0 Å². The van der Waals surface area contributed by atoms with Crippen molar-refractivity contribution in [1.29, 1.82) is 0 Å². The first-order chi connectivity index (χ1) is 6.62. The van der Waals surface area contributed by atoms with Gasteiger partial charge in [-0.05, 0) is 31.9 Å². The summed E-state index contributed by atoms with van der Waals surface area (Å²) in [7, 11) is 0. The van der Waals surface area contributed by atoms with Crippen molar-refractivity contribution in [2.75, 3.05) is 18.8 Å². The molecule has 0 aromatic rings. The minimum Gasteiger partial charge on any atom is -0.340 e. The highest BCUT2D eigenvalue weighted by atomic mass is 35.5. The molecule has 0 saturated carbocycles. The molecule has 4 heteroatoms. The van der Waals surface area contributed by atoms with Gasteiger partial charge in [0, 0.05) is 13.1 Å². The lowest BCUT2D eigenvalue weighted by Gasteiger charge is -2.27. The number of halogens is 1. The van der Waals surface area contributed by atoms with Gasteiger partial charge in [0.15, 0.2) is 0 Å². The Morgan fingerprint density at radius 2 is 2.43 bits per heavy atom. The fraction of sp³-hybridized carbons (Fsp3) is 0.900. The molecule has 2 aliphatic rings. The number of carbonyl (C=O) groups excluding carboxylic acids is 1. The number of likely N-dealkylation sites (tertiary alicyclic amines) is 1. The quantitative estimate of drug-likeness (QED) is 0.647. The van der Waals surface area contributed by atoms with Crippen molar-refractivity contribution in [3.63, 3.8) is 0 Å². The van der Waals surface area contributed by atoms with Crippen molar-refractivity contribution in [3.8, 4) is 0 Å². The third-order valence-electron chi connectivity index (χ3n) is 3.09. The smallest absolute Gasteiger partial charge is 0.238 e. The van der Waals surface area contributed by atoms with E-state index in [0.717, 1.165) is 31.7 Å². The van der Waals surface area contributed by atoms with Crippen molar-refractivity contribution in [3.05, 3.63) is 0 Å². The summed E-state index contributed by atoms with van der Waals surface area (Å²) in [6, 6.07) is 0. The van der Waals surface area contributed by atoms with Gasteiger partial charge in [0.2, 0.25) is 5.91 Å². The summed E-state index contributed by atoms with van der Waals surface area (Å²) in [4.78, 5) is 14.1.